The van der Waals surface area contributed by atoms with E-state index in [-0.39, 0.29) is 5.91 Å². The van der Waals surface area contributed by atoms with Crippen molar-refractivity contribution in [2.45, 2.75) is 45.6 Å². The van der Waals surface area contributed by atoms with E-state index in [1.165, 1.54) is 30.6 Å². The molecule has 0 atom stereocenters. The molecule has 0 spiro atoms. The lowest BCUT2D eigenvalue weighted by Gasteiger charge is -2.27. The molecule has 1 saturated carbocycles. The molecule has 1 aliphatic rings. The first-order valence-corrected chi connectivity index (χ1v) is 6.91. The monoisotopic (exact) mass is 237 g/mol. The molecule has 0 radical (unpaired) electrons. The summed E-state index contributed by atoms with van der Waals surface area (Å²) in [7, 11) is 0. The molecule has 1 amide bonds. The average Bonchev–Trinajstić information content (AvgIpc) is 2.90. The number of hydrogen-bond acceptors (Lipinski definition) is 2. The summed E-state index contributed by atoms with van der Waals surface area (Å²) in [6.07, 6.45) is 4.92. The predicted octanol–water partition coefficient (Wildman–Crippen LogP) is 3.46. The molecule has 0 saturated heterocycles. The molecule has 3 heteroatoms. The summed E-state index contributed by atoms with van der Waals surface area (Å²) in [5.41, 5.74) is 0. The largest absolute Gasteiger partial charge is 0.335 e. The zero-order valence-electron chi connectivity index (χ0n) is 10.0. The van der Waals surface area contributed by atoms with Gasteiger partial charge >= 0.3 is 0 Å². The van der Waals surface area contributed by atoms with E-state index in [9.17, 15) is 4.79 Å². The Kier molecular flexibility index (Phi) is 3.64. The Hall–Kier alpha value is -0.830. The van der Waals surface area contributed by atoms with Crippen LogP contribution in [0.1, 0.15) is 47.2 Å². The first-order chi connectivity index (χ1) is 7.72. The summed E-state index contributed by atoms with van der Waals surface area (Å²) in [6, 6.07) is 4.47. The quantitative estimate of drug-likeness (QED) is 0.788. The summed E-state index contributed by atoms with van der Waals surface area (Å²) in [5, 5.41) is 0. The van der Waals surface area contributed by atoms with Gasteiger partial charge in [0.25, 0.3) is 5.91 Å². The van der Waals surface area contributed by atoms with Crippen LogP contribution in [0.4, 0.5) is 0 Å². The number of thiophene rings is 1. The number of rotatable bonds is 3. The van der Waals surface area contributed by atoms with Gasteiger partial charge in [0.15, 0.2) is 0 Å². The summed E-state index contributed by atoms with van der Waals surface area (Å²) < 4.78 is 0. The summed E-state index contributed by atoms with van der Waals surface area (Å²) in [4.78, 5) is 16.5. The van der Waals surface area contributed by atoms with Crippen molar-refractivity contribution in [1.82, 2.24) is 4.90 Å². The van der Waals surface area contributed by atoms with Crippen LogP contribution in [0.25, 0.3) is 0 Å². The second-order valence-corrected chi connectivity index (χ2v) is 5.73. The zero-order valence-corrected chi connectivity index (χ0v) is 10.8. The lowest BCUT2D eigenvalue weighted by molar-refractivity contribution is 0.0698. The van der Waals surface area contributed by atoms with Gasteiger partial charge in [-0.15, -0.1) is 11.3 Å². The van der Waals surface area contributed by atoms with Crippen molar-refractivity contribution in [3.05, 3.63) is 21.9 Å². The predicted molar refractivity (Wildman–Crippen MR) is 68.0 cm³/mol. The van der Waals surface area contributed by atoms with Crippen molar-refractivity contribution >= 4 is 17.2 Å². The van der Waals surface area contributed by atoms with E-state index >= 15 is 0 Å². The van der Waals surface area contributed by atoms with E-state index in [0.29, 0.717) is 6.04 Å². The van der Waals surface area contributed by atoms with Gasteiger partial charge in [0.2, 0.25) is 0 Å². The van der Waals surface area contributed by atoms with Gasteiger partial charge in [0.05, 0.1) is 4.88 Å². The Labute approximate surface area is 101 Å². The molecule has 0 bridgehead atoms. The molecule has 0 aliphatic heterocycles. The Morgan fingerprint density at radius 2 is 2.12 bits per heavy atom. The number of carbonyl (C=O) groups excluding carboxylic acids is 1. The lowest BCUT2D eigenvalue weighted by atomic mass is 10.2. The summed E-state index contributed by atoms with van der Waals surface area (Å²) in [5.74, 6) is 0.229. The van der Waals surface area contributed by atoms with Crippen LogP contribution in [-0.2, 0) is 0 Å². The minimum atomic E-state index is 0.229. The van der Waals surface area contributed by atoms with Crippen molar-refractivity contribution in [2.24, 2.45) is 0 Å². The Bertz CT molecular complexity index is 366. The standard InChI is InChI=1S/C13H19NOS/c1-3-14(11-6-4-5-7-11)13(15)12-9-8-10(2)16-12/h8-9,11H,3-7H2,1-2H3. The smallest absolute Gasteiger partial charge is 0.264 e. The van der Waals surface area contributed by atoms with E-state index in [1.807, 2.05) is 19.1 Å². The van der Waals surface area contributed by atoms with Gasteiger partial charge in [0, 0.05) is 17.5 Å². The van der Waals surface area contributed by atoms with E-state index in [2.05, 4.69) is 11.8 Å². The lowest BCUT2D eigenvalue weighted by Crippen LogP contribution is -2.38. The Morgan fingerprint density at radius 3 is 2.62 bits per heavy atom. The molecule has 16 heavy (non-hydrogen) atoms. The maximum Gasteiger partial charge on any atom is 0.264 e. The normalized spacial score (nSPS) is 16.6. The minimum absolute atomic E-state index is 0.229. The first-order valence-electron chi connectivity index (χ1n) is 6.09. The van der Waals surface area contributed by atoms with Crippen LogP contribution in [0.15, 0.2) is 12.1 Å². The van der Waals surface area contributed by atoms with Crippen LogP contribution < -0.4 is 0 Å². The van der Waals surface area contributed by atoms with Crippen LogP contribution in [0.3, 0.4) is 0 Å². The maximum atomic E-state index is 12.3. The maximum absolute atomic E-state index is 12.3. The van der Waals surface area contributed by atoms with Crippen LogP contribution in [0.5, 0.6) is 0 Å². The summed E-state index contributed by atoms with van der Waals surface area (Å²) in [6.45, 7) is 4.96. The molecule has 0 unspecified atom stereocenters. The average molecular weight is 237 g/mol. The highest BCUT2D eigenvalue weighted by Gasteiger charge is 2.26. The highest BCUT2D eigenvalue weighted by Crippen LogP contribution is 2.26. The Morgan fingerprint density at radius 1 is 1.44 bits per heavy atom. The second-order valence-electron chi connectivity index (χ2n) is 4.44. The van der Waals surface area contributed by atoms with Crippen LogP contribution in [-0.4, -0.2) is 23.4 Å². The molecule has 1 aromatic rings. The van der Waals surface area contributed by atoms with E-state index in [1.54, 1.807) is 11.3 Å². The highest BCUT2D eigenvalue weighted by molar-refractivity contribution is 7.13. The molecular weight excluding hydrogens is 218 g/mol. The topological polar surface area (TPSA) is 20.3 Å². The molecule has 0 aromatic carbocycles. The van der Waals surface area contributed by atoms with Gasteiger partial charge < -0.3 is 4.90 Å². The summed E-state index contributed by atoms with van der Waals surface area (Å²) >= 11 is 1.61. The fourth-order valence-electron chi connectivity index (χ4n) is 2.47. The SMILES string of the molecule is CCN(C(=O)c1ccc(C)s1)C1CCCC1. The van der Waals surface area contributed by atoms with E-state index in [0.717, 1.165) is 11.4 Å². The van der Waals surface area contributed by atoms with Crippen molar-refractivity contribution in [1.29, 1.82) is 0 Å². The van der Waals surface area contributed by atoms with E-state index < -0.39 is 0 Å². The number of hydrogen-bond donors (Lipinski definition) is 0. The van der Waals surface area contributed by atoms with Gasteiger partial charge in [-0.3, -0.25) is 4.79 Å². The molecule has 1 fully saturated rings. The third-order valence-corrected chi connectivity index (χ3v) is 4.31. The van der Waals surface area contributed by atoms with Crippen molar-refractivity contribution in [2.75, 3.05) is 6.54 Å². The molecule has 0 N–H and O–H groups in total. The molecule has 1 heterocycles. The van der Waals surface area contributed by atoms with Crippen molar-refractivity contribution < 1.29 is 4.79 Å². The Balaban J connectivity index is 2.11. The highest BCUT2D eigenvalue weighted by atomic mass is 32.1. The van der Waals surface area contributed by atoms with Crippen LogP contribution in [0.2, 0.25) is 0 Å². The van der Waals surface area contributed by atoms with Crippen LogP contribution in [0, 0.1) is 6.92 Å². The van der Waals surface area contributed by atoms with Gasteiger partial charge in [-0.25, -0.2) is 0 Å². The van der Waals surface area contributed by atoms with E-state index in [4.69, 9.17) is 0 Å². The second kappa shape index (κ2) is 5.00. The fraction of sp³-hybridized carbons (Fsp3) is 0.615. The van der Waals surface area contributed by atoms with Crippen molar-refractivity contribution in [3.63, 3.8) is 0 Å². The molecular formula is C13H19NOS. The molecule has 2 rings (SSSR count). The molecule has 1 aliphatic carbocycles. The number of carbonyl (C=O) groups is 1. The number of amides is 1. The fourth-order valence-corrected chi connectivity index (χ4v) is 3.30. The number of nitrogens with zero attached hydrogens (tertiary/aromatic N) is 1. The van der Waals surface area contributed by atoms with Crippen LogP contribution >= 0.6 is 11.3 Å². The van der Waals surface area contributed by atoms with Gasteiger partial charge in [-0.2, -0.15) is 0 Å². The van der Waals surface area contributed by atoms with Gasteiger partial charge in [-0.05, 0) is 38.8 Å². The van der Waals surface area contributed by atoms with Gasteiger partial charge in [0.1, 0.15) is 0 Å². The molecule has 88 valence electrons. The van der Waals surface area contributed by atoms with Crippen molar-refractivity contribution in [3.8, 4) is 0 Å². The third-order valence-electron chi connectivity index (χ3n) is 3.32. The molecule has 2 nitrogen and oxygen atoms in total. The first kappa shape index (κ1) is 11.6. The molecule has 1 aromatic heterocycles. The number of aryl methyl sites for hydroxylation is 1. The zero-order chi connectivity index (χ0) is 11.5. The third kappa shape index (κ3) is 2.29. The minimum Gasteiger partial charge on any atom is -0.335 e. The van der Waals surface area contributed by atoms with Gasteiger partial charge in [-0.1, -0.05) is 12.8 Å².